The fourth-order valence-corrected chi connectivity index (χ4v) is 3.58. The van der Waals surface area contributed by atoms with E-state index in [0.717, 1.165) is 17.5 Å². The number of pyridine rings is 1. The van der Waals surface area contributed by atoms with E-state index in [1.807, 2.05) is 19.0 Å². The molecular weight excluding hydrogens is 460 g/mol. The van der Waals surface area contributed by atoms with Crippen molar-refractivity contribution in [2.75, 3.05) is 37.0 Å². The summed E-state index contributed by atoms with van der Waals surface area (Å²) in [7, 11) is 3.82. The smallest absolute Gasteiger partial charge is 0.345 e. The van der Waals surface area contributed by atoms with Gasteiger partial charge in [-0.15, -0.1) is 0 Å². The Morgan fingerprint density at radius 2 is 1.91 bits per heavy atom. The van der Waals surface area contributed by atoms with Crippen LogP contribution >= 0.6 is 11.3 Å². The van der Waals surface area contributed by atoms with Crippen LogP contribution in [0.15, 0.2) is 48.8 Å². The van der Waals surface area contributed by atoms with Gasteiger partial charge < -0.3 is 21.3 Å². The lowest BCUT2D eigenvalue weighted by atomic mass is 10.1. The number of nitrogen functional groups attached to an aromatic ring is 1. The predicted molar refractivity (Wildman–Crippen MR) is 130 cm³/mol. The highest BCUT2D eigenvalue weighted by Gasteiger charge is 2.19. The van der Waals surface area contributed by atoms with E-state index in [4.69, 9.17) is 5.73 Å². The molecule has 0 aliphatic rings. The Morgan fingerprint density at radius 3 is 2.53 bits per heavy atom. The van der Waals surface area contributed by atoms with E-state index < -0.39 is 22.9 Å². The number of nitrogens with two attached hydrogens (primary N) is 1. The highest BCUT2D eigenvalue weighted by Crippen LogP contribution is 2.25. The summed E-state index contributed by atoms with van der Waals surface area (Å²) >= 11 is 0.761. The molecule has 178 valence electrons. The Hall–Kier alpha value is -4.10. The molecule has 5 N–H and O–H groups in total. The molecule has 1 aromatic carbocycles. The molecule has 1 unspecified atom stereocenters. The molecule has 2 heterocycles. The average Bonchev–Trinajstić information content (AvgIpc) is 3.27. The van der Waals surface area contributed by atoms with Crippen molar-refractivity contribution in [2.45, 2.75) is 12.5 Å². The van der Waals surface area contributed by atoms with E-state index in [9.17, 15) is 19.7 Å². The Labute approximate surface area is 199 Å². The number of hydrogen-bond acceptors (Lipinski definition) is 9. The maximum absolute atomic E-state index is 12.5. The van der Waals surface area contributed by atoms with Crippen LogP contribution in [0.4, 0.5) is 26.3 Å². The second kappa shape index (κ2) is 11.2. The Bertz CT molecular complexity index is 1170. The molecule has 0 spiro atoms. The summed E-state index contributed by atoms with van der Waals surface area (Å²) in [6.45, 7) is 0.670. The molecule has 0 fully saturated rings. The molecule has 2 aromatic heterocycles. The van der Waals surface area contributed by atoms with Crippen LogP contribution in [0, 0.1) is 10.1 Å². The summed E-state index contributed by atoms with van der Waals surface area (Å²) in [5, 5.41) is 18.8. The number of carbonyl (C=O) groups excluding carboxylic acids is 2. The van der Waals surface area contributed by atoms with Crippen LogP contribution in [0.3, 0.4) is 0 Å². The summed E-state index contributed by atoms with van der Waals surface area (Å²) in [5.41, 5.74) is 7.68. The van der Waals surface area contributed by atoms with Crippen LogP contribution in [0.25, 0.3) is 0 Å². The molecule has 13 heteroatoms. The number of nitrogens with one attached hydrogen (secondary N) is 3. The minimum absolute atomic E-state index is 0.112. The zero-order valence-corrected chi connectivity index (χ0v) is 19.3. The van der Waals surface area contributed by atoms with Gasteiger partial charge in [-0.05, 0) is 62.2 Å². The number of rotatable bonds is 9. The molecule has 0 aliphatic heterocycles. The number of urea groups is 1. The number of aromatic nitrogens is 2. The van der Waals surface area contributed by atoms with E-state index >= 15 is 0 Å². The first-order valence-corrected chi connectivity index (χ1v) is 11.0. The minimum atomic E-state index is -0.573. The van der Waals surface area contributed by atoms with E-state index in [1.165, 1.54) is 6.20 Å². The van der Waals surface area contributed by atoms with Gasteiger partial charge in [-0.3, -0.25) is 25.2 Å². The highest BCUT2D eigenvalue weighted by molar-refractivity contribution is 7.18. The quantitative estimate of drug-likeness (QED) is 0.204. The molecule has 0 bridgehead atoms. The number of benzene rings is 1. The van der Waals surface area contributed by atoms with Crippen molar-refractivity contribution in [3.05, 3.63) is 70.2 Å². The summed E-state index contributed by atoms with van der Waals surface area (Å²) in [6, 6.07) is 9.20. The standard InChI is InChI=1S/C21H24N8O4S/c1-28(2)10-9-15(26-20(31)27-21-24-12-18(34-21)29(32)33)13-7-8-17(23-11-13)19(30)25-16-6-4-3-5-14(16)22/h3-8,11-12,15H,9-10,22H2,1-2H3,(H,25,30)(H2,24,26,27,31). The van der Waals surface area contributed by atoms with Gasteiger partial charge >= 0.3 is 11.0 Å². The van der Waals surface area contributed by atoms with Crippen molar-refractivity contribution in [2.24, 2.45) is 0 Å². The van der Waals surface area contributed by atoms with Crippen molar-refractivity contribution in [1.29, 1.82) is 0 Å². The molecule has 3 aromatic rings. The van der Waals surface area contributed by atoms with Gasteiger partial charge in [-0.25, -0.2) is 9.78 Å². The van der Waals surface area contributed by atoms with E-state index in [0.29, 0.717) is 29.9 Å². The van der Waals surface area contributed by atoms with Gasteiger partial charge in [0, 0.05) is 6.20 Å². The summed E-state index contributed by atoms with van der Waals surface area (Å²) in [6.07, 6.45) is 3.17. The third kappa shape index (κ3) is 6.70. The zero-order valence-electron chi connectivity index (χ0n) is 18.5. The first-order chi connectivity index (χ1) is 16.2. The van der Waals surface area contributed by atoms with Gasteiger partial charge in [0.15, 0.2) is 5.13 Å². The minimum Gasteiger partial charge on any atom is -0.397 e. The lowest BCUT2D eigenvalue weighted by Gasteiger charge is -2.21. The fraction of sp³-hybridized carbons (Fsp3) is 0.238. The molecule has 3 rings (SSSR count). The van der Waals surface area contributed by atoms with E-state index in [-0.39, 0.29) is 15.8 Å². The molecule has 0 saturated heterocycles. The van der Waals surface area contributed by atoms with Crippen molar-refractivity contribution < 1.29 is 14.5 Å². The molecule has 0 saturated carbocycles. The van der Waals surface area contributed by atoms with Crippen molar-refractivity contribution in [3.63, 3.8) is 0 Å². The average molecular weight is 485 g/mol. The number of thiazole rings is 1. The normalized spacial score (nSPS) is 11.6. The van der Waals surface area contributed by atoms with Crippen molar-refractivity contribution >= 4 is 44.8 Å². The van der Waals surface area contributed by atoms with Crippen LogP contribution in [-0.4, -0.2) is 52.4 Å². The number of para-hydroxylation sites is 2. The first kappa shape index (κ1) is 24.5. The van der Waals surface area contributed by atoms with Crippen LogP contribution in [-0.2, 0) is 0 Å². The number of nitro groups is 1. The van der Waals surface area contributed by atoms with Crippen LogP contribution in [0.1, 0.15) is 28.5 Å². The first-order valence-electron chi connectivity index (χ1n) is 10.2. The molecule has 3 amide bonds. The fourth-order valence-electron chi connectivity index (χ4n) is 2.95. The number of carbonyl (C=O) groups is 2. The number of nitrogens with zero attached hydrogens (tertiary/aromatic N) is 4. The topological polar surface area (TPSA) is 168 Å². The molecule has 34 heavy (non-hydrogen) atoms. The lowest BCUT2D eigenvalue weighted by Crippen LogP contribution is -2.34. The van der Waals surface area contributed by atoms with Gasteiger partial charge in [0.2, 0.25) is 0 Å². The molecule has 12 nitrogen and oxygen atoms in total. The van der Waals surface area contributed by atoms with Gasteiger partial charge in [-0.2, -0.15) is 0 Å². The highest BCUT2D eigenvalue weighted by atomic mass is 32.1. The van der Waals surface area contributed by atoms with Crippen LogP contribution in [0.2, 0.25) is 0 Å². The van der Waals surface area contributed by atoms with Gasteiger partial charge in [0.1, 0.15) is 11.9 Å². The molecule has 1 atom stereocenters. The maximum Gasteiger partial charge on any atom is 0.345 e. The Morgan fingerprint density at radius 1 is 1.15 bits per heavy atom. The second-order valence-electron chi connectivity index (χ2n) is 7.52. The monoisotopic (exact) mass is 484 g/mol. The summed E-state index contributed by atoms with van der Waals surface area (Å²) in [5.74, 6) is -0.412. The van der Waals surface area contributed by atoms with Gasteiger partial charge in [-0.1, -0.05) is 18.2 Å². The molecule has 0 radical (unpaired) electrons. The lowest BCUT2D eigenvalue weighted by molar-refractivity contribution is -0.380. The number of anilines is 3. The van der Waals surface area contributed by atoms with Crippen molar-refractivity contribution in [3.8, 4) is 0 Å². The van der Waals surface area contributed by atoms with Crippen molar-refractivity contribution in [1.82, 2.24) is 20.2 Å². The van der Waals surface area contributed by atoms with E-state index in [1.54, 1.807) is 36.4 Å². The Kier molecular flexibility index (Phi) is 8.05. The molecular formula is C21H24N8O4S. The third-order valence-corrected chi connectivity index (χ3v) is 5.56. The number of amides is 3. The van der Waals surface area contributed by atoms with Crippen LogP contribution in [0.5, 0.6) is 0 Å². The van der Waals surface area contributed by atoms with Crippen LogP contribution < -0.4 is 21.7 Å². The third-order valence-electron chi connectivity index (χ3n) is 4.69. The Balaban J connectivity index is 1.69. The van der Waals surface area contributed by atoms with Gasteiger partial charge in [0.05, 0.1) is 22.3 Å². The summed E-state index contributed by atoms with van der Waals surface area (Å²) in [4.78, 5) is 45.3. The summed E-state index contributed by atoms with van der Waals surface area (Å²) < 4.78 is 0. The second-order valence-corrected chi connectivity index (χ2v) is 8.53. The predicted octanol–water partition coefficient (Wildman–Crippen LogP) is 3.10. The molecule has 0 aliphatic carbocycles. The number of hydrogen-bond donors (Lipinski definition) is 4. The largest absolute Gasteiger partial charge is 0.397 e. The zero-order chi connectivity index (χ0) is 24.7. The van der Waals surface area contributed by atoms with E-state index in [2.05, 4.69) is 25.9 Å². The maximum atomic E-state index is 12.5. The van der Waals surface area contributed by atoms with Gasteiger partial charge in [0.25, 0.3) is 5.91 Å². The SMILES string of the molecule is CN(C)CCC(NC(=O)Nc1ncc([N+](=O)[O-])s1)c1ccc(C(=O)Nc2ccccc2N)nc1.